The van der Waals surface area contributed by atoms with Gasteiger partial charge in [0.2, 0.25) is 5.91 Å². The van der Waals surface area contributed by atoms with Gasteiger partial charge in [-0.3, -0.25) is 9.59 Å². The fourth-order valence-corrected chi connectivity index (χ4v) is 9.21. The molecule has 6 heteroatoms. The molecule has 3 N–H and O–H groups in total. The quantitative estimate of drug-likeness (QED) is 0.0321. The average molecular weight is 957 g/mol. The molecule has 0 radical (unpaired) electrons. The Bertz CT molecular complexity index is 1100. The fraction of sp³-hybridized carbons (Fsp3) is 0.871. The van der Waals surface area contributed by atoms with E-state index in [9.17, 15) is 19.8 Å². The molecule has 0 aromatic heterocycles. The summed E-state index contributed by atoms with van der Waals surface area (Å²) in [4.78, 5) is 24.4. The summed E-state index contributed by atoms with van der Waals surface area (Å²) in [7, 11) is 0. The van der Waals surface area contributed by atoms with Gasteiger partial charge in [0.1, 0.15) is 0 Å². The predicted molar refractivity (Wildman–Crippen MR) is 296 cm³/mol. The maximum atomic E-state index is 12.4. The van der Waals surface area contributed by atoms with Crippen LogP contribution in [0.15, 0.2) is 36.5 Å². The van der Waals surface area contributed by atoms with Crippen molar-refractivity contribution >= 4 is 11.9 Å². The summed E-state index contributed by atoms with van der Waals surface area (Å²) in [5.41, 5.74) is 0. The lowest BCUT2D eigenvalue weighted by molar-refractivity contribution is -0.143. The highest BCUT2D eigenvalue weighted by molar-refractivity contribution is 5.76. The van der Waals surface area contributed by atoms with Crippen LogP contribution in [0.2, 0.25) is 0 Å². The van der Waals surface area contributed by atoms with Gasteiger partial charge in [-0.05, 0) is 83.5 Å². The largest absolute Gasteiger partial charge is 0.466 e. The fourth-order valence-electron chi connectivity index (χ4n) is 9.21. The molecule has 1 amide bonds. The average Bonchev–Trinajstić information content (AvgIpc) is 3.34. The van der Waals surface area contributed by atoms with E-state index in [0.717, 1.165) is 44.9 Å². The van der Waals surface area contributed by atoms with Crippen LogP contribution in [0, 0.1) is 0 Å². The molecule has 2 unspecified atom stereocenters. The highest BCUT2D eigenvalue weighted by Crippen LogP contribution is 2.16. The first-order chi connectivity index (χ1) is 33.5. The van der Waals surface area contributed by atoms with E-state index in [0.29, 0.717) is 19.4 Å². The summed E-state index contributed by atoms with van der Waals surface area (Å²) in [6.45, 7) is 4.88. The number of hydrogen-bond acceptors (Lipinski definition) is 5. The molecule has 0 spiro atoms. The van der Waals surface area contributed by atoms with Crippen molar-refractivity contribution in [2.75, 3.05) is 13.2 Å². The summed E-state index contributed by atoms with van der Waals surface area (Å²) in [5.74, 6) is -0.0659. The molecular weight excluding hydrogens is 839 g/mol. The molecule has 2 atom stereocenters. The second-order valence-electron chi connectivity index (χ2n) is 20.7. The third-order valence-corrected chi connectivity index (χ3v) is 13.9. The van der Waals surface area contributed by atoms with Gasteiger partial charge in [0.25, 0.3) is 0 Å². The van der Waals surface area contributed by atoms with Gasteiger partial charge in [0, 0.05) is 12.8 Å². The second kappa shape index (κ2) is 57.7. The number of aliphatic hydroxyl groups is 2. The Labute approximate surface area is 424 Å². The van der Waals surface area contributed by atoms with Crippen LogP contribution in [0.3, 0.4) is 0 Å². The van der Waals surface area contributed by atoms with Crippen LogP contribution in [0.1, 0.15) is 322 Å². The van der Waals surface area contributed by atoms with Crippen molar-refractivity contribution in [3.8, 4) is 0 Å². The number of aliphatic hydroxyl groups excluding tert-OH is 2. The zero-order chi connectivity index (χ0) is 49.3. The van der Waals surface area contributed by atoms with Gasteiger partial charge >= 0.3 is 5.97 Å². The minimum Gasteiger partial charge on any atom is -0.466 e. The first kappa shape index (κ1) is 66.1. The molecule has 0 bridgehead atoms. The van der Waals surface area contributed by atoms with Gasteiger partial charge in [0.15, 0.2) is 0 Å². The van der Waals surface area contributed by atoms with E-state index in [-0.39, 0.29) is 18.5 Å². The van der Waals surface area contributed by atoms with E-state index >= 15 is 0 Å². The number of esters is 1. The first-order valence-electron chi connectivity index (χ1n) is 30.3. The number of carbonyl (C=O) groups is 2. The van der Waals surface area contributed by atoms with Crippen LogP contribution in [-0.2, 0) is 14.3 Å². The zero-order valence-corrected chi connectivity index (χ0v) is 45.6. The Morgan fingerprint density at radius 3 is 1.06 bits per heavy atom. The van der Waals surface area contributed by atoms with E-state index in [4.69, 9.17) is 4.74 Å². The van der Waals surface area contributed by atoms with Crippen molar-refractivity contribution in [3.63, 3.8) is 0 Å². The predicted octanol–water partition coefficient (Wildman–Crippen LogP) is 18.8. The SMILES string of the molecule is CCCCCC/C=C\CCCCCCCC(=O)OCCCCCCCCCCCCCC/C=C\CCCCCCCCCCCCC(=O)NC(CO)C(O)/C=C/CCCCCCCCCCCC. The third kappa shape index (κ3) is 53.4. The summed E-state index contributed by atoms with van der Waals surface area (Å²) < 4.78 is 5.47. The summed E-state index contributed by atoms with van der Waals surface area (Å²) >= 11 is 0. The van der Waals surface area contributed by atoms with Crippen LogP contribution < -0.4 is 5.32 Å². The Balaban J connectivity index is 3.40. The lowest BCUT2D eigenvalue weighted by Gasteiger charge is -2.20. The van der Waals surface area contributed by atoms with Crippen molar-refractivity contribution in [2.24, 2.45) is 0 Å². The Kier molecular flexibility index (Phi) is 56.0. The number of hydrogen-bond donors (Lipinski definition) is 3. The Hall–Kier alpha value is -1.92. The van der Waals surface area contributed by atoms with Crippen LogP contribution in [0.25, 0.3) is 0 Å². The molecule has 0 aliphatic carbocycles. The smallest absolute Gasteiger partial charge is 0.305 e. The van der Waals surface area contributed by atoms with Crippen molar-refractivity contribution in [2.45, 2.75) is 334 Å². The Morgan fingerprint density at radius 2 is 0.691 bits per heavy atom. The summed E-state index contributed by atoms with van der Waals surface area (Å²) in [6, 6.07) is -0.628. The number of ether oxygens (including phenoxy) is 1. The number of unbranched alkanes of at least 4 members (excludes halogenated alkanes) is 41. The van der Waals surface area contributed by atoms with E-state index < -0.39 is 12.1 Å². The molecule has 6 nitrogen and oxygen atoms in total. The van der Waals surface area contributed by atoms with Gasteiger partial charge in [-0.25, -0.2) is 0 Å². The van der Waals surface area contributed by atoms with Gasteiger partial charge in [0.05, 0.1) is 25.4 Å². The molecule has 0 aromatic rings. The minimum absolute atomic E-state index is 0.00438. The minimum atomic E-state index is -0.844. The molecule has 400 valence electrons. The van der Waals surface area contributed by atoms with Crippen molar-refractivity contribution in [1.82, 2.24) is 5.32 Å². The standard InChI is InChI=1S/C62H117NO5/c1-3-5-7-9-11-13-15-31-36-40-44-48-52-56-62(67)68-57-53-49-45-41-37-33-30-28-26-24-22-20-18-17-19-21-23-25-27-29-32-35-39-43-47-51-55-61(66)63-59(58-64)60(65)54-50-46-42-38-34-16-14-12-10-8-6-4-2/h13,15,17,19,50,54,59-60,64-65H,3-12,14,16,18,20-49,51-53,55-58H2,1-2H3,(H,63,66)/b15-13-,19-17-,54-50+. The Morgan fingerprint density at radius 1 is 0.397 bits per heavy atom. The van der Waals surface area contributed by atoms with Crippen LogP contribution >= 0.6 is 0 Å². The van der Waals surface area contributed by atoms with E-state index in [1.165, 1.54) is 250 Å². The molecule has 68 heavy (non-hydrogen) atoms. The molecule has 0 saturated heterocycles. The maximum absolute atomic E-state index is 12.4. The van der Waals surface area contributed by atoms with Crippen LogP contribution in [0.5, 0.6) is 0 Å². The van der Waals surface area contributed by atoms with E-state index in [1.807, 2.05) is 6.08 Å². The number of carbonyl (C=O) groups excluding carboxylic acids is 2. The number of allylic oxidation sites excluding steroid dienone is 5. The van der Waals surface area contributed by atoms with Gasteiger partial charge in [-0.1, -0.05) is 262 Å². The molecular formula is C62H117NO5. The highest BCUT2D eigenvalue weighted by Gasteiger charge is 2.18. The molecule has 0 fully saturated rings. The molecule has 0 rings (SSSR count). The van der Waals surface area contributed by atoms with E-state index in [2.05, 4.69) is 43.5 Å². The lowest BCUT2D eigenvalue weighted by atomic mass is 10.0. The lowest BCUT2D eigenvalue weighted by Crippen LogP contribution is -2.45. The molecule has 0 heterocycles. The highest BCUT2D eigenvalue weighted by atomic mass is 16.5. The molecule has 0 aliphatic heterocycles. The summed E-state index contributed by atoms with van der Waals surface area (Å²) in [6.07, 6.45) is 71.8. The summed E-state index contributed by atoms with van der Waals surface area (Å²) in [5, 5.41) is 23.0. The van der Waals surface area contributed by atoms with Crippen molar-refractivity contribution in [3.05, 3.63) is 36.5 Å². The number of nitrogens with one attached hydrogen (secondary N) is 1. The van der Waals surface area contributed by atoms with E-state index in [1.54, 1.807) is 6.08 Å². The van der Waals surface area contributed by atoms with Crippen molar-refractivity contribution < 1.29 is 24.5 Å². The van der Waals surface area contributed by atoms with Gasteiger partial charge in [-0.2, -0.15) is 0 Å². The normalized spacial score (nSPS) is 12.8. The topological polar surface area (TPSA) is 95.9 Å². The number of amides is 1. The molecule has 0 aliphatic rings. The number of rotatable bonds is 56. The van der Waals surface area contributed by atoms with Crippen molar-refractivity contribution in [1.29, 1.82) is 0 Å². The first-order valence-corrected chi connectivity index (χ1v) is 30.3. The van der Waals surface area contributed by atoms with Gasteiger partial charge < -0.3 is 20.3 Å². The maximum Gasteiger partial charge on any atom is 0.305 e. The monoisotopic (exact) mass is 956 g/mol. The van der Waals surface area contributed by atoms with Gasteiger partial charge in [-0.15, -0.1) is 0 Å². The van der Waals surface area contributed by atoms with Crippen LogP contribution in [0.4, 0.5) is 0 Å². The second-order valence-corrected chi connectivity index (χ2v) is 20.7. The zero-order valence-electron chi connectivity index (χ0n) is 45.6. The van der Waals surface area contributed by atoms with Crippen LogP contribution in [-0.4, -0.2) is 47.4 Å². The molecule has 0 aromatic carbocycles. The third-order valence-electron chi connectivity index (χ3n) is 13.9. The molecule has 0 saturated carbocycles.